The zero-order valence-electron chi connectivity index (χ0n) is 6.29. The third-order valence-corrected chi connectivity index (χ3v) is 1.61. The summed E-state index contributed by atoms with van der Waals surface area (Å²) >= 11 is 0. The summed E-state index contributed by atoms with van der Waals surface area (Å²) in [5.41, 5.74) is 0. The van der Waals surface area contributed by atoms with Crippen molar-refractivity contribution in [1.82, 2.24) is 0 Å². The number of ether oxygens (including phenoxy) is 2. The van der Waals surface area contributed by atoms with Crippen molar-refractivity contribution in [2.45, 2.75) is 26.4 Å². The molecule has 1 fully saturated rings. The fraction of sp³-hybridized carbons (Fsp3) is 0.857. The molecule has 0 N–H and O–H groups in total. The zero-order chi connectivity index (χ0) is 7.56. The van der Waals surface area contributed by atoms with Crippen LogP contribution in [0.1, 0.15) is 20.3 Å². The second-order valence-corrected chi connectivity index (χ2v) is 2.79. The van der Waals surface area contributed by atoms with E-state index in [0.29, 0.717) is 12.5 Å². The smallest absolute Gasteiger partial charge is 0.434 e. The molecule has 1 heterocycles. The molecule has 1 saturated heterocycles. The van der Waals surface area contributed by atoms with E-state index in [4.69, 9.17) is 4.74 Å². The van der Waals surface area contributed by atoms with Gasteiger partial charge in [-0.3, -0.25) is 0 Å². The van der Waals surface area contributed by atoms with Gasteiger partial charge in [-0.05, 0) is 5.92 Å². The molecule has 1 atom stereocenters. The lowest BCUT2D eigenvalue weighted by atomic mass is 10.0. The van der Waals surface area contributed by atoms with Crippen LogP contribution in [0.5, 0.6) is 0 Å². The minimum absolute atomic E-state index is 0.0567. The van der Waals surface area contributed by atoms with Gasteiger partial charge in [0.05, 0.1) is 6.61 Å². The van der Waals surface area contributed by atoms with Gasteiger partial charge in [-0.25, -0.2) is 4.79 Å². The lowest BCUT2D eigenvalue weighted by Crippen LogP contribution is -2.31. The predicted molar refractivity (Wildman–Crippen MR) is 35.7 cm³/mol. The molecular weight excluding hydrogens is 132 g/mol. The predicted octanol–water partition coefficient (Wildman–Crippen LogP) is 1.57. The molecule has 0 aromatic heterocycles. The Morgan fingerprint density at radius 2 is 2.30 bits per heavy atom. The van der Waals surface area contributed by atoms with E-state index in [2.05, 4.69) is 4.74 Å². The highest BCUT2D eigenvalue weighted by atomic mass is 16.7. The van der Waals surface area contributed by atoms with Gasteiger partial charge in [-0.15, -0.1) is 0 Å². The number of hydrogen-bond donors (Lipinski definition) is 0. The molecule has 3 heteroatoms. The van der Waals surface area contributed by atoms with Gasteiger partial charge >= 0.3 is 6.16 Å². The fourth-order valence-corrected chi connectivity index (χ4v) is 0.944. The van der Waals surface area contributed by atoms with Gasteiger partial charge in [0.2, 0.25) is 0 Å². The van der Waals surface area contributed by atoms with Crippen LogP contribution in [0.2, 0.25) is 0 Å². The standard InChI is InChI=1S/C7H12O3/c1-5(2)6-3-4-9-7(8)10-6/h5-6H,3-4H2,1-2H3. The first-order chi connectivity index (χ1) is 4.70. The lowest BCUT2D eigenvalue weighted by molar-refractivity contribution is -0.0386. The first kappa shape index (κ1) is 7.38. The molecule has 1 rings (SSSR count). The maximum Gasteiger partial charge on any atom is 0.508 e. The monoisotopic (exact) mass is 144 g/mol. The molecule has 58 valence electrons. The molecule has 3 nitrogen and oxygen atoms in total. The minimum Gasteiger partial charge on any atom is -0.434 e. The van der Waals surface area contributed by atoms with Gasteiger partial charge < -0.3 is 9.47 Å². The minimum atomic E-state index is -0.523. The van der Waals surface area contributed by atoms with Crippen LogP contribution in [0.25, 0.3) is 0 Å². The summed E-state index contributed by atoms with van der Waals surface area (Å²) in [5.74, 6) is 0.396. The average Bonchev–Trinajstić information content (AvgIpc) is 1.88. The van der Waals surface area contributed by atoms with Crippen molar-refractivity contribution in [1.29, 1.82) is 0 Å². The summed E-state index contributed by atoms with van der Waals surface area (Å²) in [6, 6.07) is 0. The maximum absolute atomic E-state index is 10.5. The second-order valence-electron chi connectivity index (χ2n) is 2.79. The molecule has 0 aliphatic carbocycles. The Kier molecular flexibility index (Phi) is 2.14. The second kappa shape index (κ2) is 2.90. The lowest BCUT2D eigenvalue weighted by Gasteiger charge is -2.24. The molecule has 0 aromatic carbocycles. The Morgan fingerprint density at radius 3 is 2.70 bits per heavy atom. The van der Waals surface area contributed by atoms with Crippen molar-refractivity contribution in [3.8, 4) is 0 Å². The molecule has 1 aliphatic heterocycles. The summed E-state index contributed by atoms with van der Waals surface area (Å²) in [4.78, 5) is 10.5. The Labute approximate surface area is 60.3 Å². The SMILES string of the molecule is CC(C)C1CCOC(=O)O1. The quantitative estimate of drug-likeness (QED) is 0.524. The van der Waals surface area contributed by atoms with E-state index in [-0.39, 0.29) is 6.10 Å². The number of cyclic esters (lactones) is 2. The zero-order valence-corrected chi connectivity index (χ0v) is 6.29. The maximum atomic E-state index is 10.5. The van der Waals surface area contributed by atoms with Crippen LogP contribution >= 0.6 is 0 Å². The van der Waals surface area contributed by atoms with Gasteiger partial charge in [-0.1, -0.05) is 13.8 Å². The van der Waals surface area contributed by atoms with Gasteiger partial charge in [0, 0.05) is 6.42 Å². The summed E-state index contributed by atoms with van der Waals surface area (Å²) < 4.78 is 9.48. The summed E-state index contributed by atoms with van der Waals surface area (Å²) in [7, 11) is 0. The van der Waals surface area contributed by atoms with Crippen LogP contribution in [-0.2, 0) is 9.47 Å². The Morgan fingerprint density at radius 1 is 1.60 bits per heavy atom. The van der Waals surface area contributed by atoms with E-state index in [9.17, 15) is 4.79 Å². The summed E-state index contributed by atoms with van der Waals surface area (Å²) in [6.45, 7) is 4.56. The highest BCUT2D eigenvalue weighted by Crippen LogP contribution is 2.15. The molecule has 0 spiro atoms. The van der Waals surface area contributed by atoms with E-state index < -0.39 is 6.16 Å². The van der Waals surface area contributed by atoms with Crippen LogP contribution in [0.4, 0.5) is 4.79 Å². The Hall–Kier alpha value is -0.730. The van der Waals surface area contributed by atoms with E-state index >= 15 is 0 Å². The molecule has 1 aliphatic rings. The van der Waals surface area contributed by atoms with Crippen LogP contribution < -0.4 is 0 Å². The van der Waals surface area contributed by atoms with E-state index in [1.807, 2.05) is 13.8 Å². The van der Waals surface area contributed by atoms with E-state index in [1.165, 1.54) is 0 Å². The van der Waals surface area contributed by atoms with Crippen molar-refractivity contribution >= 4 is 6.16 Å². The average molecular weight is 144 g/mol. The number of hydrogen-bond acceptors (Lipinski definition) is 3. The van der Waals surface area contributed by atoms with E-state index in [0.717, 1.165) is 6.42 Å². The number of rotatable bonds is 1. The van der Waals surface area contributed by atoms with Gasteiger partial charge in [0.25, 0.3) is 0 Å². The van der Waals surface area contributed by atoms with Gasteiger partial charge in [0.1, 0.15) is 6.10 Å². The van der Waals surface area contributed by atoms with Crippen molar-refractivity contribution in [2.24, 2.45) is 5.92 Å². The number of carbonyl (C=O) groups is 1. The highest BCUT2D eigenvalue weighted by Gasteiger charge is 2.23. The van der Waals surface area contributed by atoms with Gasteiger partial charge in [0.15, 0.2) is 0 Å². The Bertz CT molecular complexity index is 131. The topological polar surface area (TPSA) is 35.5 Å². The molecule has 0 bridgehead atoms. The molecule has 10 heavy (non-hydrogen) atoms. The largest absolute Gasteiger partial charge is 0.508 e. The van der Waals surface area contributed by atoms with Crippen molar-refractivity contribution < 1.29 is 14.3 Å². The van der Waals surface area contributed by atoms with Gasteiger partial charge in [-0.2, -0.15) is 0 Å². The number of carbonyl (C=O) groups excluding carboxylic acids is 1. The van der Waals surface area contributed by atoms with Crippen molar-refractivity contribution in [3.63, 3.8) is 0 Å². The summed E-state index contributed by atoms with van der Waals surface area (Å²) in [5, 5.41) is 0. The normalized spacial score (nSPS) is 25.9. The molecule has 0 aromatic rings. The van der Waals surface area contributed by atoms with Crippen LogP contribution in [-0.4, -0.2) is 18.9 Å². The highest BCUT2D eigenvalue weighted by molar-refractivity contribution is 5.60. The third kappa shape index (κ3) is 1.62. The van der Waals surface area contributed by atoms with Crippen LogP contribution in [0.15, 0.2) is 0 Å². The van der Waals surface area contributed by atoms with Crippen molar-refractivity contribution in [2.75, 3.05) is 6.61 Å². The molecular formula is C7H12O3. The molecule has 0 amide bonds. The summed E-state index contributed by atoms with van der Waals surface area (Å²) in [6.07, 6.45) is 0.356. The third-order valence-electron chi connectivity index (χ3n) is 1.61. The molecule has 1 unspecified atom stereocenters. The Balaban J connectivity index is 2.39. The molecule has 0 saturated carbocycles. The van der Waals surface area contributed by atoms with Crippen LogP contribution in [0.3, 0.4) is 0 Å². The first-order valence-electron chi connectivity index (χ1n) is 3.53. The van der Waals surface area contributed by atoms with E-state index in [1.54, 1.807) is 0 Å². The molecule has 0 radical (unpaired) electrons. The fourth-order valence-electron chi connectivity index (χ4n) is 0.944. The first-order valence-corrected chi connectivity index (χ1v) is 3.53. The van der Waals surface area contributed by atoms with Crippen molar-refractivity contribution in [3.05, 3.63) is 0 Å². The van der Waals surface area contributed by atoms with Crippen LogP contribution in [0, 0.1) is 5.92 Å².